The summed E-state index contributed by atoms with van der Waals surface area (Å²) in [5.41, 5.74) is 2.94. The third-order valence-corrected chi connectivity index (χ3v) is 4.61. The molecular formula is C23H17N3O4. The summed E-state index contributed by atoms with van der Waals surface area (Å²) in [6.07, 6.45) is 3.24. The number of nitrogens with zero attached hydrogens (tertiary/aromatic N) is 2. The number of allylic oxidation sites excluding steroid dienone is 1. The maximum atomic E-state index is 9.59. The van der Waals surface area contributed by atoms with Crippen molar-refractivity contribution in [2.24, 2.45) is 5.10 Å². The van der Waals surface area contributed by atoms with E-state index in [1.807, 2.05) is 42.5 Å². The fourth-order valence-electron chi connectivity index (χ4n) is 3.19. The van der Waals surface area contributed by atoms with Crippen LogP contribution >= 0.6 is 0 Å². The van der Waals surface area contributed by atoms with Gasteiger partial charge in [-0.25, -0.2) is 5.43 Å². The average Bonchev–Trinajstić information content (AvgIpc) is 2.74. The van der Waals surface area contributed by atoms with E-state index in [1.165, 1.54) is 5.28 Å². The summed E-state index contributed by atoms with van der Waals surface area (Å²) >= 11 is 0. The summed E-state index contributed by atoms with van der Waals surface area (Å²) < 4.78 is 5.89. The molecule has 0 amide bonds. The van der Waals surface area contributed by atoms with Crippen molar-refractivity contribution in [3.63, 3.8) is 0 Å². The van der Waals surface area contributed by atoms with Crippen LogP contribution in [0.2, 0.25) is 0 Å². The summed E-state index contributed by atoms with van der Waals surface area (Å²) in [4.78, 5) is 5.76. The molecule has 5 rings (SSSR count). The molecule has 1 aliphatic heterocycles. The maximum absolute atomic E-state index is 9.59. The zero-order valence-corrected chi connectivity index (χ0v) is 15.7. The van der Waals surface area contributed by atoms with Crippen LogP contribution in [-0.4, -0.2) is 21.7 Å². The van der Waals surface area contributed by atoms with E-state index in [0.29, 0.717) is 17.4 Å². The van der Waals surface area contributed by atoms with Crippen molar-refractivity contribution in [2.45, 2.75) is 0 Å². The molecule has 0 saturated heterocycles. The number of aromatic hydroxyl groups is 2. The molecule has 0 spiro atoms. The molecule has 0 aromatic heterocycles. The first kappa shape index (κ1) is 17.7. The second kappa shape index (κ2) is 7.21. The molecule has 4 aromatic carbocycles. The number of hydrogen-bond acceptors (Lipinski definition) is 7. The van der Waals surface area contributed by atoms with Crippen LogP contribution in [-0.2, 0) is 0 Å². The van der Waals surface area contributed by atoms with Gasteiger partial charge in [0.15, 0.2) is 5.75 Å². The number of rotatable bonds is 4. The number of fused-ring (bicyclic) bond motifs is 2. The summed E-state index contributed by atoms with van der Waals surface area (Å²) in [5, 5.41) is 28.2. The minimum Gasteiger partial charge on any atom is -0.508 e. The van der Waals surface area contributed by atoms with Crippen molar-refractivity contribution in [3.8, 4) is 23.0 Å². The SMILES string of the molecule is Oc1ccc2cc(OC3=CC=NN(Oc4ccc5cc(O)ccc5c4)N3)ccc2c1. The van der Waals surface area contributed by atoms with Crippen molar-refractivity contribution in [1.82, 2.24) is 10.7 Å². The summed E-state index contributed by atoms with van der Waals surface area (Å²) in [7, 11) is 0. The van der Waals surface area contributed by atoms with Crippen LogP contribution in [0, 0.1) is 0 Å². The Morgan fingerprint density at radius 2 is 1.27 bits per heavy atom. The molecule has 7 nitrogen and oxygen atoms in total. The van der Waals surface area contributed by atoms with Crippen LogP contribution in [0.25, 0.3) is 21.5 Å². The Kier molecular flexibility index (Phi) is 4.25. The Hall–Kier alpha value is -4.39. The first-order valence-corrected chi connectivity index (χ1v) is 9.25. The van der Waals surface area contributed by atoms with Crippen molar-refractivity contribution >= 4 is 27.8 Å². The molecule has 0 atom stereocenters. The minimum atomic E-state index is 0.218. The average molecular weight is 399 g/mol. The predicted molar refractivity (Wildman–Crippen MR) is 114 cm³/mol. The van der Waals surface area contributed by atoms with E-state index in [9.17, 15) is 10.2 Å². The molecule has 0 fully saturated rings. The molecular weight excluding hydrogens is 382 g/mol. The highest BCUT2D eigenvalue weighted by Gasteiger charge is 2.12. The molecule has 0 radical (unpaired) electrons. The molecule has 1 heterocycles. The first-order chi connectivity index (χ1) is 14.6. The second-order valence-electron chi connectivity index (χ2n) is 6.76. The summed E-state index contributed by atoms with van der Waals surface area (Å²) in [5.74, 6) is 2.09. The van der Waals surface area contributed by atoms with Gasteiger partial charge in [0.1, 0.15) is 17.2 Å². The van der Waals surface area contributed by atoms with Gasteiger partial charge >= 0.3 is 0 Å². The lowest BCUT2D eigenvalue weighted by molar-refractivity contribution is -0.104. The van der Waals surface area contributed by atoms with Crippen molar-refractivity contribution in [2.75, 3.05) is 0 Å². The monoisotopic (exact) mass is 399 g/mol. The molecule has 0 unspecified atom stereocenters. The van der Waals surface area contributed by atoms with Crippen LogP contribution < -0.4 is 15.0 Å². The number of hydrazone groups is 1. The third-order valence-electron chi connectivity index (χ3n) is 4.61. The zero-order chi connectivity index (χ0) is 20.5. The zero-order valence-electron chi connectivity index (χ0n) is 15.7. The van der Waals surface area contributed by atoms with Crippen molar-refractivity contribution in [3.05, 3.63) is 84.8 Å². The minimum absolute atomic E-state index is 0.218. The third kappa shape index (κ3) is 3.64. The van der Waals surface area contributed by atoms with Gasteiger partial charge in [0.05, 0.1) is 6.21 Å². The van der Waals surface area contributed by atoms with Gasteiger partial charge in [-0.1, -0.05) is 24.3 Å². The molecule has 30 heavy (non-hydrogen) atoms. The number of hydrogen-bond donors (Lipinski definition) is 3. The lowest BCUT2D eigenvalue weighted by atomic mass is 10.1. The predicted octanol–water partition coefficient (Wildman–Crippen LogP) is 4.42. The number of nitrogens with one attached hydrogen (secondary N) is 1. The maximum Gasteiger partial charge on any atom is 0.217 e. The number of ether oxygens (including phenoxy) is 1. The highest BCUT2D eigenvalue weighted by molar-refractivity contribution is 5.86. The van der Waals surface area contributed by atoms with Gasteiger partial charge in [-0.15, -0.1) is 5.10 Å². The second-order valence-corrected chi connectivity index (χ2v) is 6.76. The van der Waals surface area contributed by atoms with Crippen LogP contribution in [0.1, 0.15) is 0 Å². The van der Waals surface area contributed by atoms with E-state index in [-0.39, 0.29) is 11.5 Å². The number of phenolic OH excluding ortho intramolecular Hbond substituents is 2. The van der Waals surface area contributed by atoms with E-state index in [1.54, 1.807) is 42.6 Å². The fourth-order valence-corrected chi connectivity index (χ4v) is 3.19. The van der Waals surface area contributed by atoms with Crippen molar-refractivity contribution < 1.29 is 19.8 Å². The van der Waals surface area contributed by atoms with Gasteiger partial charge in [-0.3, -0.25) is 0 Å². The lowest BCUT2D eigenvalue weighted by Gasteiger charge is -2.23. The largest absolute Gasteiger partial charge is 0.508 e. The number of hydrazine groups is 1. The molecule has 4 aromatic rings. The summed E-state index contributed by atoms with van der Waals surface area (Å²) in [6, 6.07) is 21.4. The van der Waals surface area contributed by atoms with Gasteiger partial charge in [0, 0.05) is 6.08 Å². The molecule has 148 valence electrons. The van der Waals surface area contributed by atoms with E-state index in [4.69, 9.17) is 9.57 Å². The van der Waals surface area contributed by atoms with Gasteiger partial charge in [-0.05, 0) is 75.4 Å². The van der Waals surface area contributed by atoms with Gasteiger partial charge in [0.25, 0.3) is 0 Å². The van der Waals surface area contributed by atoms with E-state index in [2.05, 4.69) is 10.5 Å². The molecule has 0 aliphatic carbocycles. The Bertz CT molecular complexity index is 1320. The molecule has 7 heteroatoms. The Balaban J connectivity index is 1.29. The van der Waals surface area contributed by atoms with E-state index < -0.39 is 0 Å². The van der Waals surface area contributed by atoms with Gasteiger partial charge in [0.2, 0.25) is 5.88 Å². The molecule has 1 aliphatic rings. The Morgan fingerprint density at radius 1 is 0.700 bits per heavy atom. The van der Waals surface area contributed by atoms with Crippen molar-refractivity contribution in [1.29, 1.82) is 0 Å². The number of benzene rings is 4. The lowest BCUT2D eigenvalue weighted by Crippen LogP contribution is -2.39. The fraction of sp³-hybridized carbons (Fsp3) is 0. The Labute approximate surface area is 171 Å². The molecule has 0 bridgehead atoms. The first-order valence-electron chi connectivity index (χ1n) is 9.25. The normalized spacial score (nSPS) is 13.2. The van der Waals surface area contributed by atoms with Crippen LogP contribution in [0.4, 0.5) is 0 Å². The van der Waals surface area contributed by atoms with Gasteiger partial charge in [-0.2, -0.15) is 0 Å². The molecule has 0 saturated carbocycles. The summed E-state index contributed by atoms with van der Waals surface area (Å²) in [6.45, 7) is 0. The quantitative estimate of drug-likeness (QED) is 0.471. The van der Waals surface area contributed by atoms with Crippen LogP contribution in [0.15, 0.2) is 89.9 Å². The van der Waals surface area contributed by atoms with Crippen LogP contribution in [0.3, 0.4) is 0 Å². The smallest absolute Gasteiger partial charge is 0.217 e. The molecule has 3 N–H and O–H groups in total. The standard InChI is InChI=1S/C23H17N3O4/c27-19-5-1-17-13-21(7-3-15(17)11-19)29-23-9-10-24-26(25-23)30-22-8-4-16-12-20(28)6-2-18(16)14-22/h1-14,25,27-28H. The Morgan fingerprint density at radius 3 is 1.97 bits per heavy atom. The van der Waals surface area contributed by atoms with Crippen LogP contribution in [0.5, 0.6) is 23.0 Å². The highest BCUT2D eigenvalue weighted by atomic mass is 16.7. The van der Waals surface area contributed by atoms with Gasteiger partial charge < -0.3 is 19.8 Å². The number of phenols is 2. The highest BCUT2D eigenvalue weighted by Crippen LogP contribution is 2.26. The van der Waals surface area contributed by atoms with E-state index in [0.717, 1.165) is 21.5 Å². The topological polar surface area (TPSA) is 86.6 Å². The van der Waals surface area contributed by atoms with E-state index >= 15 is 0 Å².